The van der Waals surface area contributed by atoms with E-state index >= 15 is 0 Å². The third-order valence-electron chi connectivity index (χ3n) is 5.76. The zero-order chi connectivity index (χ0) is 24.6. The van der Waals surface area contributed by atoms with Crippen molar-refractivity contribution < 1.29 is 13.2 Å². The van der Waals surface area contributed by atoms with E-state index in [2.05, 4.69) is 20.9 Å². The zero-order valence-electron chi connectivity index (χ0n) is 18.3. The lowest BCUT2D eigenvalue weighted by Crippen LogP contribution is -2.46. The molecule has 1 amide bonds. The SMILES string of the molecule is O=C(C1CCCN(S(=O)(=O)c2ccc(Cl)s2)C1)N(Cc1ccccn1)c1nc2ccc(Br)cc2s1. The number of sulfonamides is 1. The van der Waals surface area contributed by atoms with Crippen LogP contribution in [0.25, 0.3) is 10.2 Å². The Labute approximate surface area is 224 Å². The van der Waals surface area contributed by atoms with Crippen molar-refractivity contribution in [3.63, 3.8) is 0 Å². The lowest BCUT2D eigenvalue weighted by molar-refractivity contribution is -0.123. The second-order valence-electron chi connectivity index (χ2n) is 8.11. The highest BCUT2D eigenvalue weighted by atomic mass is 79.9. The number of anilines is 1. The summed E-state index contributed by atoms with van der Waals surface area (Å²) in [5.74, 6) is -0.644. The van der Waals surface area contributed by atoms with Crippen molar-refractivity contribution in [1.29, 1.82) is 0 Å². The monoisotopic (exact) mass is 610 g/mol. The quantitative estimate of drug-likeness (QED) is 0.275. The van der Waals surface area contributed by atoms with Crippen LogP contribution in [0.15, 0.2) is 63.4 Å². The summed E-state index contributed by atoms with van der Waals surface area (Å²) in [5.41, 5.74) is 1.53. The van der Waals surface area contributed by atoms with E-state index in [1.807, 2.05) is 36.4 Å². The first-order valence-electron chi connectivity index (χ1n) is 10.8. The first kappa shape index (κ1) is 24.8. The van der Waals surface area contributed by atoms with Gasteiger partial charge in [0.15, 0.2) is 5.13 Å². The Morgan fingerprint density at radius 3 is 2.80 bits per heavy atom. The molecule has 0 saturated carbocycles. The van der Waals surface area contributed by atoms with Gasteiger partial charge < -0.3 is 0 Å². The van der Waals surface area contributed by atoms with Crippen molar-refractivity contribution in [2.45, 2.75) is 23.6 Å². The molecule has 0 N–H and O–H groups in total. The highest BCUT2D eigenvalue weighted by molar-refractivity contribution is 9.10. The van der Waals surface area contributed by atoms with Crippen LogP contribution in [0.5, 0.6) is 0 Å². The van der Waals surface area contributed by atoms with Crippen LogP contribution in [0.3, 0.4) is 0 Å². The highest BCUT2D eigenvalue weighted by Gasteiger charge is 2.37. The Kier molecular flexibility index (Phi) is 7.25. The number of aromatic nitrogens is 2. The van der Waals surface area contributed by atoms with E-state index in [0.29, 0.717) is 28.9 Å². The lowest BCUT2D eigenvalue weighted by atomic mass is 9.98. The molecule has 0 spiro atoms. The first-order chi connectivity index (χ1) is 16.8. The number of thiophene rings is 1. The third kappa shape index (κ3) is 5.30. The van der Waals surface area contributed by atoms with Gasteiger partial charge in [0.1, 0.15) is 4.21 Å². The van der Waals surface area contributed by atoms with E-state index in [9.17, 15) is 13.2 Å². The molecular weight excluding hydrogens is 592 g/mol. The van der Waals surface area contributed by atoms with E-state index in [1.165, 1.54) is 21.7 Å². The number of nitrogens with zero attached hydrogens (tertiary/aromatic N) is 4. The molecule has 1 unspecified atom stereocenters. The average Bonchev–Trinajstić information content (AvgIpc) is 3.49. The van der Waals surface area contributed by atoms with Crippen molar-refractivity contribution in [2.24, 2.45) is 5.92 Å². The molecule has 0 aliphatic carbocycles. The molecule has 12 heteroatoms. The molecule has 1 saturated heterocycles. The highest BCUT2D eigenvalue weighted by Crippen LogP contribution is 2.35. The van der Waals surface area contributed by atoms with Gasteiger partial charge in [-0.3, -0.25) is 14.7 Å². The summed E-state index contributed by atoms with van der Waals surface area (Å²) in [6.07, 6.45) is 2.89. The Bertz CT molecular complexity index is 1480. The summed E-state index contributed by atoms with van der Waals surface area (Å²) >= 11 is 11.9. The fourth-order valence-corrected chi connectivity index (χ4v) is 8.72. The van der Waals surface area contributed by atoms with Crippen LogP contribution in [-0.4, -0.2) is 41.7 Å². The van der Waals surface area contributed by atoms with Gasteiger partial charge in [-0.25, -0.2) is 13.4 Å². The van der Waals surface area contributed by atoms with Gasteiger partial charge in [0, 0.05) is 23.8 Å². The molecule has 1 atom stereocenters. The predicted octanol–water partition coefficient (Wildman–Crippen LogP) is 5.80. The smallest absolute Gasteiger partial charge is 0.252 e. The van der Waals surface area contributed by atoms with Crippen molar-refractivity contribution in [3.05, 3.63) is 69.2 Å². The minimum Gasteiger partial charge on any atom is -0.282 e. The number of benzene rings is 1. The summed E-state index contributed by atoms with van der Waals surface area (Å²) in [7, 11) is -3.72. The summed E-state index contributed by atoms with van der Waals surface area (Å²) in [6, 6.07) is 14.4. The topological polar surface area (TPSA) is 83.5 Å². The largest absolute Gasteiger partial charge is 0.282 e. The minimum absolute atomic E-state index is 0.117. The molecule has 3 aromatic heterocycles. The van der Waals surface area contributed by atoms with Gasteiger partial charge >= 0.3 is 0 Å². The molecule has 4 aromatic rings. The van der Waals surface area contributed by atoms with E-state index < -0.39 is 15.9 Å². The number of piperidine rings is 1. The molecule has 5 rings (SSSR count). The molecule has 1 aromatic carbocycles. The van der Waals surface area contributed by atoms with Crippen LogP contribution >= 0.6 is 50.2 Å². The molecule has 35 heavy (non-hydrogen) atoms. The summed E-state index contributed by atoms with van der Waals surface area (Å²) in [4.78, 5) is 24.6. The van der Waals surface area contributed by atoms with Gasteiger partial charge in [-0.15, -0.1) is 11.3 Å². The molecule has 1 aliphatic rings. The number of halogens is 2. The van der Waals surface area contributed by atoms with Crippen molar-refractivity contribution >= 4 is 81.5 Å². The zero-order valence-corrected chi connectivity index (χ0v) is 23.1. The number of pyridine rings is 1. The predicted molar refractivity (Wildman–Crippen MR) is 144 cm³/mol. The standard InChI is InChI=1S/C23H20BrClN4O3S3/c24-16-6-7-18-19(12-16)33-23(27-18)29(14-17-5-1-2-10-26-17)22(30)15-4-3-11-28(13-15)35(31,32)21-9-8-20(25)34-21/h1-2,5-10,12,15H,3-4,11,13-14H2. The summed E-state index contributed by atoms with van der Waals surface area (Å²) < 4.78 is 30.2. The van der Waals surface area contributed by atoms with Gasteiger partial charge in [0.05, 0.1) is 32.7 Å². The Morgan fingerprint density at radius 2 is 2.06 bits per heavy atom. The second kappa shape index (κ2) is 10.2. The number of carbonyl (C=O) groups excluding carboxylic acids is 1. The molecule has 1 fully saturated rings. The van der Waals surface area contributed by atoms with Gasteiger partial charge in [-0.05, 0) is 55.3 Å². The van der Waals surface area contributed by atoms with Crippen molar-refractivity contribution in [2.75, 3.05) is 18.0 Å². The van der Waals surface area contributed by atoms with Gasteiger partial charge in [-0.2, -0.15) is 4.31 Å². The number of thiazole rings is 1. The number of fused-ring (bicyclic) bond motifs is 1. The van der Waals surface area contributed by atoms with Crippen LogP contribution in [0, 0.1) is 5.92 Å². The maximum Gasteiger partial charge on any atom is 0.252 e. The molecule has 4 heterocycles. The normalized spacial score (nSPS) is 17.0. The molecular formula is C23H20BrClN4O3S3. The maximum absolute atomic E-state index is 13.9. The van der Waals surface area contributed by atoms with Gasteiger partial charge in [-0.1, -0.05) is 44.9 Å². The lowest BCUT2D eigenvalue weighted by Gasteiger charge is -2.33. The molecule has 7 nitrogen and oxygen atoms in total. The fourth-order valence-electron chi connectivity index (χ4n) is 4.04. The second-order valence-corrected chi connectivity index (χ2v) is 13.9. The third-order valence-corrected chi connectivity index (χ3v) is 10.9. The number of amides is 1. The Balaban J connectivity index is 1.45. The molecule has 182 valence electrons. The average molecular weight is 612 g/mol. The number of carbonyl (C=O) groups is 1. The molecule has 1 aliphatic heterocycles. The number of rotatable bonds is 6. The summed E-state index contributed by atoms with van der Waals surface area (Å²) in [6.45, 7) is 0.743. The van der Waals surface area contributed by atoms with Crippen LogP contribution in [0.4, 0.5) is 5.13 Å². The molecule has 0 radical (unpaired) electrons. The van der Waals surface area contributed by atoms with Crippen LogP contribution in [0.1, 0.15) is 18.5 Å². The first-order valence-corrected chi connectivity index (χ1v) is 15.1. The van der Waals surface area contributed by atoms with Crippen LogP contribution in [-0.2, 0) is 21.4 Å². The van der Waals surface area contributed by atoms with E-state index in [4.69, 9.17) is 16.6 Å². The maximum atomic E-state index is 13.9. The Hall–Kier alpha value is -1.89. The number of hydrogen-bond acceptors (Lipinski definition) is 7. The van der Waals surface area contributed by atoms with Gasteiger partial charge in [0.25, 0.3) is 10.0 Å². The van der Waals surface area contributed by atoms with E-state index in [1.54, 1.807) is 17.2 Å². The van der Waals surface area contributed by atoms with E-state index in [0.717, 1.165) is 31.7 Å². The minimum atomic E-state index is -3.72. The van der Waals surface area contributed by atoms with Crippen molar-refractivity contribution in [1.82, 2.24) is 14.3 Å². The number of hydrogen-bond donors (Lipinski definition) is 0. The fraction of sp³-hybridized carbons (Fsp3) is 0.261. The van der Waals surface area contributed by atoms with Crippen molar-refractivity contribution in [3.8, 4) is 0 Å². The molecule has 0 bridgehead atoms. The van der Waals surface area contributed by atoms with Gasteiger partial charge in [0.2, 0.25) is 5.91 Å². The Morgan fingerprint density at radius 1 is 1.20 bits per heavy atom. The summed E-state index contributed by atoms with van der Waals surface area (Å²) in [5, 5.41) is 0.568. The van der Waals surface area contributed by atoms with Crippen LogP contribution in [0.2, 0.25) is 4.34 Å². The van der Waals surface area contributed by atoms with Crippen LogP contribution < -0.4 is 4.90 Å². The van der Waals surface area contributed by atoms with E-state index in [-0.39, 0.29) is 23.2 Å².